The summed E-state index contributed by atoms with van der Waals surface area (Å²) in [7, 11) is 0. The highest BCUT2D eigenvalue weighted by Gasteiger charge is 2.13. The Kier molecular flexibility index (Phi) is 7.26. The van der Waals surface area contributed by atoms with Gasteiger partial charge >= 0.3 is 0 Å². The van der Waals surface area contributed by atoms with Crippen LogP contribution >= 0.6 is 34.0 Å². The first kappa shape index (κ1) is 29.9. The van der Waals surface area contributed by atoms with Gasteiger partial charge in [0.05, 0.1) is 0 Å². The van der Waals surface area contributed by atoms with Gasteiger partial charge in [-0.15, -0.1) is 0 Å². The fraction of sp³-hybridized carbons (Fsp3) is 0. The molecule has 0 aliphatic heterocycles. The van der Waals surface area contributed by atoms with Gasteiger partial charge in [-0.2, -0.15) is 0 Å². The van der Waals surface area contributed by atoms with Crippen molar-refractivity contribution in [1.82, 2.24) is 29.9 Å². The van der Waals surface area contributed by atoms with Gasteiger partial charge in [0.25, 0.3) is 0 Å². The minimum absolute atomic E-state index is 0.926. The van der Waals surface area contributed by atoms with E-state index in [2.05, 4.69) is 106 Å². The monoisotopic (exact) mass is 708 g/mol. The summed E-state index contributed by atoms with van der Waals surface area (Å²) in [5.74, 6) is 0. The first-order valence-electron chi connectivity index (χ1n) is 16.3. The Bertz CT molecular complexity index is 2430. The third kappa shape index (κ3) is 5.67. The molecule has 0 radical (unpaired) electrons. The molecular formula is C42H24N6S3. The Morgan fingerprint density at radius 2 is 0.569 bits per heavy atom. The van der Waals surface area contributed by atoms with Crippen LogP contribution in [0.15, 0.2) is 146 Å². The van der Waals surface area contributed by atoms with E-state index in [1.807, 2.05) is 55.0 Å². The summed E-state index contributed by atoms with van der Waals surface area (Å²) in [6.45, 7) is 0. The van der Waals surface area contributed by atoms with E-state index in [0.717, 1.165) is 96.1 Å². The van der Waals surface area contributed by atoms with Gasteiger partial charge < -0.3 is 0 Å². The maximum absolute atomic E-state index is 4.82. The van der Waals surface area contributed by atoms with E-state index in [4.69, 9.17) is 15.0 Å². The number of aromatic nitrogens is 6. The highest BCUT2D eigenvalue weighted by atomic mass is 32.1. The number of thiazole rings is 3. The van der Waals surface area contributed by atoms with Gasteiger partial charge in [0, 0.05) is 35.3 Å². The van der Waals surface area contributed by atoms with Crippen molar-refractivity contribution in [2.75, 3.05) is 0 Å². The largest absolute Gasteiger partial charge is 0.244 e. The zero-order valence-corrected chi connectivity index (χ0v) is 29.2. The van der Waals surface area contributed by atoms with Gasteiger partial charge in [-0.3, -0.25) is 0 Å². The lowest BCUT2D eigenvalue weighted by atomic mass is 9.92. The molecule has 0 saturated carbocycles. The molecule has 0 fully saturated rings. The lowest BCUT2D eigenvalue weighted by molar-refractivity contribution is 1.40. The Labute approximate surface area is 304 Å². The second-order valence-electron chi connectivity index (χ2n) is 12.1. The van der Waals surface area contributed by atoms with Crippen molar-refractivity contribution in [2.45, 2.75) is 0 Å². The van der Waals surface area contributed by atoms with Gasteiger partial charge in [0.15, 0.2) is 0 Å². The Hall–Kier alpha value is -6.00. The molecule has 0 atom stereocenters. The Morgan fingerprint density at radius 1 is 0.294 bits per heavy atom. The summed E-state index contributed by atoms with van der Waals surface area (Å²) in [5, 5.41) is 2.91. The second kappa shape index (κ2) is 12.4. The van der Waals surface area contributed by atoms with E-state index in [-0.39, 0.29) is 0 Å². The van der Waals surface area contributed by atoms with Crippen molar-refractivity contribution in [3.05, 3.63) is 146 Å². The number of hydrogen-bond donors (Lipinski definition) is 0. The fourth-order valence-corrected chi connectivity index (χ4v) is 8.96. The molecule has 0 aliphatic carbocycles. The van der Waals surface area contributed by atoms with Crippen LogP contribution in [0.5, 0.6) is 0 Å². The summed E-state index contributed by atoms with van der Waals surface area (Å²) in [5.41, 5.74) is 12.9. The van der Waals surface area contributed by atoms with E-state index >= 15 is 0 Å². The predicted octanol–water partition coefficient (Wildman–Crippen LogP) is 11.7. The van der Waals surface area contributed by atoms with Crippen LogP contribution in [-0.4, -0.2) is 29.9 Å². The molecule has 0 unspecified atom stereocenters. The molecule has 10 aromatic rings. The fourth-order valence-electron chi connectivity index (χ4n) is 6.22. The van der Waals surface area contributed by atoms with E-state index < -0.39 is 0 Å². The van der Waals surface area contributed by atoms with Crippen LogP contribution in [0.2, 0.25) is 0 Å². The summed E-state index contributed by atoms with van der Waals surface area (Å²) in [6, 6.07) is 44.7. The zero-order valence-electron chi connectivity index (χ0n) is 26.8. The summed E-state index contributed by atoms with van der Waals surface area (Å²) < 4.78 is 0. The molecule has 0 amide bonds. The Balaban J connectivity index is 1.03. The summed E-state index contributed by atoms with van der Waals surface area (Å²) in [4.78, 5) is 30.7. The Morgan fingerprint density at radius 3 is 0.843 bits per heavy atom. The SMILES string of the molecule is c1cnc2sc(-c3ccc(-c4cc(-c5ccc(-c6nc7cccnc7s6)cc5)cc(-c5ccc(-c6nc7cccnc7s6)cc5)c4)cc3)nc2c1. The number of nitrogens with zero attached hydrogens (tertiary/aromatic N) is 6. The highest BCUT2D eigenvalue weighted by molar-refractivity contribution is 7.22. The summed E-state index contributed by atoms with van der Waals surface area (Å²) in [6.07, 6.45) is 5.45. The topological polar surface area (TPSA) is 77.3 Å². The van der Waals surface area contributed by atoms with Crippen molar-refractivity contribution in [3.8, 4) is 65.1 Å². The lowest BCUT2D eigenvalue weighted by Crippen LogP contribution is -1.87. The molecule has 0 saturated heterocycles. The van der Waals surface area contributed by atoms with Gasteiger partial charge in [0.1, 0.15) is 46.1 Å². The highest BCUT2D eigenvalue weighted by Crippen LogP contribution is 2.37. The average Bonchev–Trinajstić information content (AvgIpc) is 3.95. The molecule has 0 N–H and O–H groups in total. The van der Waals surface area contributed by atoms with Crippen molar-refractivity contribution in [3.63, 3.8) is 0 Å². The van der Waals surface area contributed by atoms with Gasteiger partial charge in [-0.05, 0) is 88.0 Å². The molecule has 0 aliphatic rings. The molecule has 6 nitrogen and oxygen atoms in total. The molecule has 0 bridgehead atoms. The minimum atomic E-state index is 0.926. The molecule has 240 valence electrons. The van der Waals surface area contributed by atoms with E-state index in [0.29, 0.717) is 0 Å². The zero-order chi connectivity index (χ0) is 33.7. The van der Waals surface area contributed by atoms with Crippen LogP contribution in [0.25, 0.3) is 96.1 Å². The maximum atomic E-state index is 4.82. The number of hydrogen-bond acceptors (Lipinski definition) is 9. The van der Waals surface area contributed by atoms with Crippen molar-refractivity contribution >= 4 is 65.1 Å². The van der Waals surface area contributed by atoms with Gasteiger partial charge in [-0.1, -0.05) is 107 Å². The predicted molar refractivity (Wildman–Crippen MR) is 212 cm³/mol. The van der Waals surface area contributed by atoms with Crippen LogP contribution in [0.1, 0.15) is 0 Å². The number of pyridine rings is 3. The van der Waals surface area contributed by atoms with E-state index in [1.165, 1.54) is 0 Å². The molecule has 6 heterocycles. The van der Waals surface area contributed by atoms with Gasteiger partial charge in [-0.25, -0.2) is 29.9 Å². The van der Waals surface area contributed by atoms with Crippen LogP contribution in [0.3, 0.4) is 0 Å². The molecule has 6 aromatic heterocycles. The molecule has 4 aromatic carbocycles. The van der Waals surface area contributed by atoms with Crippen LogP contribution < -0.4 is 0 Å². The van der Waals surface area contributed by atoms with Crippen molar-refractivity contribution in [2.24, 2.45) is 0 Å². The van der Waals surface area contributed by atoms with Crippen LogP contribution in [-0.2, 0) is 0 Å². The smallest absolute Gasteiger partial charge is 0.143 e. The first-order valence-corrected chi connectivity index (χ1v) is 18.8. The lowest BCUT2D eigenvalue weighted by Gasteiger charge is -2.12. The standard InChI is InChI=1S/C42H24N6S3/c1-4-34-40(43-19-1)49-37(46-34)28-13-7-25(8-14-28)31-22-32(26-9-15-29(16-10-26)38-47-35-5-2-20-44-41(35)50-38)24-33(23-31)27-11-17-30(18-12-27)39-48-36-6-3-21-45-42(36)51-39/h1-24H. The average molecular weight is 709 g/mol. The van der Waals surface area contributed by atoms with Crippen LogP contribution in [0.4, 0.5) is 0 Å². The third-order valence-corrected chi connectivity index (χ3v) is 11.9. The van der Waals surface area contributed by atoms with Crippen LogP contribution in [0, 0.1) is 0 Å². The first-order chi connectivity index (χ1) is 25.2. The third-order valence-electron chi connectivity index (χ3n) is 8.83. The number of fused-ring (bicyclic) bond motifs is 3. The quantitative estimate of drug-likeness (QED) is 0.171. The maximum Gasteiger partial charge on any atom is 0.143 e. The second-order valence-corrected chi connectivity index (χ2v) is 15.0. The van der Waals surface area contributed by atoms with Crippen molar-refractivity contribution in [1.29, 1.82) is 0 Å². The number of benzene rings is 4. The summed E-state index contributed by atoms with van der Waals surface area (Å²) >= 11 is 4.85. The molecule has 0 spiro atoms. The van der Waals surface area contributed by atoms with E-state index in [9.17, 15) is 0 Å². The molecule has 51 heavy (non-hydrogen) atoms. The van der Waals surface area contributed by atoms with Crippen molar-refractivity contribution < 1.29 is 0 Å². The van der Waals surface area contributed by atoms with E-state index in [1.54, 1.807) is 34.0 Å². The molecule has 10 rings (SSSR count). The normalized spacial score (nSPS) is 11.5. The number of rotatable bonds is 6. The molecule has 9 heteroatoms. The minimum Gasteiger partial charge on any atom is -0.244 e. The van der Waals surface area contributed by atoms with Gasteiger partial charge in [0.2, 0.25) is 0 Å². The molecular weight excluding hydrogens is 685 g/mol.